The zero-order chi connectivity index (χ0) is 13.5. The van der Waals surface area contributed by atoms with Gasteiger partial charge in [-0.3, -0.25) is 0 Å². The standard InChI is InChI=1S/C17H20O2/c1-14-5-2-3-6-16(14)7-4-12-19-17-10-8-15(13-18)9-11-17/h2-3,5-6,8-11,18H,4,7,12-13H2,1H3. The lowest BCUT2D eigenvalue weighted by molar-refractivity contribution is 0.281. The molecule has 0 aliphatic rings. The number of aliphatic hydroxyl groups is 1. The van der Waals surface area contributed by atoms with Gasteiger partial charge in [0.2, 0.25) is 0 Å². The van der Waals surface area contributed by atoms with E-state index in [1.165, 1.54) is 11.1 Å². The van der Waals surface area contributed by atoms with Crippen molar-refractivity contribution in [3.05, 3.63) is 65.2 Å². The summed E-state index contributed by atoms with van der Waals surface area (Å²) >= 11 is 0. The summed E-state index contributed by atoms with van der Waals surface area (Å²) < 4.78 is 5.69. The summed E-state index contributed by atoms with van der Waals surface area (Å²) in [5, 5.41) is 8.95. The predicted octanol–water partition coefficient (Wildman–Crippen LogP) is 3.50. The fraction of sp³-hybridized carbons (Fsp3) is 0.294. The van der Waals surface area contributed by atoms with Crippen molar-refractivity contribution in [2.45, 2.75) is 26.4 Å². The van der Waals surface area contributed by atoms with Crippen LogP contribution in [-0.2, 0) is 13.0 Å². The molecule has 0 unspecified atom stereocenters. The fourth-order valence-electron chi connectivity index (χ4n) is 2.03. The number of rotatable bonds is 6. The van der Waals surface area contributed by atoms with Crippen molar-refractivity contribution in [3.63, 3.8) is 0 Å². The zero-order valence-electron chi connectivity index (χ0n) is 11.3. The Kier molecular flexibility index (Phi) is 4.99. The summed E-state index contributed by atoms with van der Waals surface area (Å²) in [6.45, 7) is 2.93. The highest BCUT2D eigenvalue weighted by Crippen LogP contribution is 2.14. The van der Waals surface area contributed by atoms with Gasteiger partial charge >= 0.3 is 0 Å². The molecule has 0 aromatic heterocycles. The van der Waals surface area contributed by atoms with Gasteiger partial charge in [-0.1, -0.05) is 36.4 Å². The minimum Gasteiger partial charge on any atom is -0.494 e. The highest BCUT2D eigenvalue weighted by molar-refractivity contribution is 5.27. The minimum atomic E-state index is 0.0769. The van der Waals surface area contributed by atoms with Crippen LogP contribution in [-0.4, -0.2) is 11.7 Å². The molecule has 0 fully saturated rings. The Morgan fingerprint density at radius 2 is 1.74 bits per heavy atom. The molecule has 1 N–H and O–H groups in total. The number of hydrogen-bond donors (Lipinski definition) is 1. The van der Waals surface area contributed by atoms with Gasteiger partial charge in [0.1, 0.15) is 5.75 Å². The molecular formula is C17H20O2. The van der Waals surface area contributed by atoms with Crippen LogP contribution in [0.15, 0.2) is 48.5 Å². The normalized spacial score (nSPS) is 10.4. The smallest absolute Gasteiger partial charge is 0.119 e. The first-order valence-electron chi connectivity index (χ1n) is 6.66. The molecule has 0 spiro atoms. The summed E-state index contributed by atoms with van der Waals surface area (Å²) in [4.78, 5) is 0. The third kappa shape index (κ3) is 4.11. The molecule has 2 nitrogen and oxygen atoms in total. The van der Waals surface area contributed by atoms with Crippen LogP contribution in [0.4, 0.5) is 0 Å². The molecule has 0 saturated carbocycles. The maximum absolute atomic E-state index is 8.95. The van der Waals surface area contributed by atoms with Gasteiger partial charge in [-0.2, -0.15) is 0 Å². The van der Waals surface area contributed by atoms with E-state index in [4.69, 9.17) is 9.84 Å². The van der Waals surface area contributed by atoms with E-state index in [9.17, 15) is 0 Å². The van der Waals surface area contributed by atoms with Gasteiger partial charge in [-0.25, -0.2) is 0 Å². The van der Waals surface area contributed by atoms with E-state index in [0.29, 0.717) is 6.61 Å². The SMILES string of the molecule is Cc1ccccc1CCCOc1ccc(CO)cc1. The molecule has 2 aromatic carbocycles. The van der Waals surface area contributed by atoms with Crippen LogP contribution in [0.25, 0.3) is 0 Å². The van der Waals surface area contributed by atoms with Crippen molar-refractivity contribution in [2.24, 2.45) is 0 Å². The average Bonchev–Trinajstić information content (AvgIpc) is 2.46. The molecule has 0 amide bonds. The lowest BCUT2D eigenvalue weighted by Crippen LogP contribution is -2.00. The molecule has 0 aliphatic carbocycles. The van der Waals surface area contributed by atoms with E-state index < -0.39 is 0 Å². The van der Waals surface area contributed by atoms with Crippen molar-refractivity contribution in [1.29, 1.82) is 0 Å². The van der Waals surface area contributed by atoms with Crippen LogP contribution in [0.2, 0.25) is 0 Å². The number of benzene rings is 2. The third-order valence-corrected chi connectivity index (χ3v) is 3.23. The Hall–Kier alpha value is -1.80. The fourth-order valence-corrected chi connectivity index (χ4v) is 2.03. The third-order valence-electron chi connectivity index (χ3n) is 3.23. The summed E-state index contributed by atoms with van der Waals surface area (Å²) in [7, 11) is 0. The van der Waals surface area contributed by atoms with Gasteiger partial charge in [0.15, 0.2) is 0 Å². The van der Waals surface area contributed by atoms with Crippen molar-refractivity contribution < 1.29 is 9.84 Å². The van der Waals surface area contributed by atoms with Gasteiger partial charge in [0.05, 0.1) is 13.2 Å². The first-order valence-corrected chi connectivity index (χ1v) is 6.66. The molecule has 0 atom stereocenters. The van der Waals surface area contributed by atoms with Crippen molar-refractivity contribution in [2.75, 3.05) is 6.61 Å². The van der Waals surface area contributed by atoms with Crippen LogP contribution in [0.3, 0.4) is 0 Å². The quantitative estimate of drug-likeness (QED) is 0.802. The molecule has 19 heavy (non-hydrogen) atoms. The summed E-state index contributed by atoms with van der Waals surface area (Å²) in [6.07, 6.45) is 2.05. The number of ether oxygens (including phenoxy) is 1. The molecular weight excluding hydrogens is 236 g/mol. The highest BCUT2D eigenvalue weighted by Gasteiger charge is 1.98. The molecule has 100 valence electrons. The second-order valence-electron chi connectivity index (χ2n) is 4.68. The van der Waals surface area contributed by atoms with E-state index in [1.807, 2.05) is 24.3 Å². The van der Waals surface area contributed by atoms with Crippen LogP contribution < -0.4 is 4.74 Å². The summed E-state index contributed by atoms with van der Waals surface area (Å²) in [5.41, 5.74) is 3.64. The Bertz CT molecular complexity index is 503. The Morgan fingerprint density at radius 1 is 1.00 bits per heavy atom. The van der Waals surface area contributed by atoms with Crippen molar-refractivity contribution in [3.8, 4) is 5.75 Å². The van der Waals surface area contributed by atoms with E-state index in [-0.39, 0.29) is 6.61 Å². The molecule has 0 radical (unpaired) electrons. The van der Waals surface area contributed by atoms with E-state index in [0.717, 1.165) is 24.2 Å². The topological polar surface area (TPSA) is 29.5 Å². The van der Waals surface area contributed by atoms with Gasteiger partial charge < -0.3 is 9.84 Å². The van der Waals surface area contributed by atoms with Gasteiger partial charge in [-0.15, -0.1) is 0 Å². The monoisotopic (exact) mass is 256 g/mol. The van der Waals surface area contributed by atoms with Gasteiger partial charge in [0.25, 0.3) is 0 Å². The average molecular weight is 256 g/mol. The molecule has 0 bridgehead atoms. The van der Waals surface area contributed by atoms with Gasteiger partial charge in [-0.05, 0) is 48.6 Å². The summed E-state index contributed by atoms with van der Waals surface area (Å²) in [6, 6.07) is 16.0. The largest absolute Gasteiger partial charge is 0.494 e. The van der Waals surface area contributed by atoms with Crippen LogP contribution in [0.5, 0.6) is 5.75 Å². The second-order valence-corrected chi connectivity index (χ2v) is 4.68. The Labute approximate surface area is 114 Å². The van der Waals surface area contributed by atoms with E-state index in [2.05, 4.69) is 31.2 Å². The summed E-state index contributed by atoms with van der Waals surface area (Å²) in [5.74, 6) is 0.863. The Balaban J connectivity index is 1.76. The van der Waals surface area contributed by atoms with E-state index in [1.54, 1.807) is 0 Å². The number of hydrogen-bond acceptors (Lipinski definition) is 2. The van der Waals surface area contributed by atoms with Crippen LogP contribution >= 0.6 is 0 Å². The Morgan fingerprint density at radius 3 is 2.42 bits per heavy atom. The van der Waals surface area contributed by atoms with Crippen molar-refractivity contribution >= 4 is 0 Å². The lowest BCUT2D eigenvalue weighted by Gasteiger charge is -2.08. The maximum atomic E-state index is 8.95. The molecule has 0 heterocycles. The molecule has 2 heteroatoms. The van der Waals surface area contributed by atoms with E-state index >= 15 is 0 Å². The van der Waals surface area contributed by atoms with Crippen LogP contribution in [0.1, 0.15) is 23.1 Å². The van der Waals surface area contributed by atoms with Gasteiger partial charge in [0, 0.05) is 0 Å². The lowest BCUT2D eigenvalue weighted by atomic mass is 10.0. The van der Waals surface area contributed by atoms with Crippen LogP contribution in [0, 0.1) is 6.92 Å². The molecule has 0 saturated heterocycles. The molecule has 0 aliphatic heterocycles. The highest BCUT2D eigenvalue weighted by atomic mass is 16.5. The number of aliphatic hydroxyl groups excluding tert-OH is 1. The first-order chi connectivity index (χ1) is 9.29. The first kappa shape index (κ1) is 13.6. The molecule has 2 rings (SSSR count). The number of aryl methyl sites for hydroxylation is 2. The predicted molar refractivity (Wildman–Crippen MR) is 77.4 cm³/mol. The van der Waals surface area contributed by atoms with Crippen molar-refractivity contribution in [1.82, 2.24) is 0 Å². The molecule has 2 aromatic rings. The maximum Gasteiger partial charge on any atom is 0.119 e. The zero-order valence-corrected chi connectivity index (χ0v) is 11.3. The second kappa shape index (κ2) is 6.95. The minimum absolute atomic E-state index is 0.0769.